The van der Waals surface area contributed by atoms with Gasteiger partial charge in [-0.3, -0.25) is 4.79 Å². The number of carbonyl (C=O) groups excluding carboxylic acids is 1. The lowest BCUT2D eigenvalue weighted by Crippen LogP contribution is -2.33. The van der Waals surface area contributed by atoms with Gasteiger partial charge in [0.15, 0.2) is 0 Å². The summed E-state index contributed by atoms with van der Waals surface area (Å²) in [6.07, 6.45) is 25.2. The molecule has 0 aromatic rings. The molecular weight excluding hydrogens is 372 g/mol. The van der Waals surface area contributed by atoms with E-state index in [1.54, 1.807) is 14.1 Å². The Kier molecular flexibility index (Phi) is 21.2. The third kappa shape index (κ3) is 25.4. The number of carbonyl (C=O) groups is 1. The molecule has 0 saturated carbocycles. The Hall–Kier alpha value is -0.610. The highest BCUT2D eigenvalue weighted by molar-refractivity contribution is 5.75. The van der Waals surface area contributed by atoms with Crippen LogP contribution < -0.4 is 5.32 Å². The zero-order chi connectivity index (χ0) is 22.3. The lowest BCUT2D eigenvalue weighted by atomic mass is 10.0. The van der Waals surface area contributed by atoms with Crippen LogP contribution in [-0.2, 0) is 4.79 Å². The summed E-state index contributed by atoms with van der Waals surface area (Å²) in [4.78, 5) is 11.8. The molecule has 0 atom stereocenters. The van der Waals surface area contributed by atoms with Crippen LogP contribution in [0.5, 0.6) is 0 Å². The maximum atomic E-state index is 11.8. The third-order valence-electron chi connectivity index (χ3n) is 5.95. The lowest BCUT2D eigenvalue weighted by Gasteiger charge is -2.33. The van der Waals surface area contributed by atoms with Gasteiger partial charge in [-0.15, -0.1) is 0 Å². The third-order valence-corrected chi connectivity index (χ3v) is 5.95. The van der Waals surface area contributed by atoms with Gasteiger partial charge in [-0.1, -0.05) is 103 Å². The van der Waals surface area contributed by atoms with Crippen LogP contribution in [0, 0.1) is 5.21 Å². The van der Waals surface area contributed by atoms with E-state index in [9.17, 15) is 10.0 Å². The van der Waals surface area contributed by atoms with Gasteiger partial charge in [-0.2, -0.15) is 0 Å². The first kappa shape index (κ1) is 29.4. The van der Waals surface area contributed by atoms with Gasteiger partial charge in [0.05, 0.1) is 20.6 Å². The molecular formula is C26H54N2O2. The largest absolute Gasteiger partial charge is 0.633 e. The summed E-state index contributed by atoms with van der Waals surface area (Å²) in [6.45, 7) is 3.75. The van der Waals surface area contributed by atoms with Crippen molar-refractivity contribution in [2.45, 2.75) is 135 Å². The van der Waals surface area contributed by atoms with Crippen LogP contribution in [0.3, 0.4) is 0 Å². The van der Waals surface area contributed by atoms with E-state index in [0.29, 0.717) is 13.0 Å². The molecule has 180 valence electrons. The second-order valence-electron chi connectivity index (χ2n) is 9.76. The maximum Gasteiger partial charge on any atom is 0.219 e. The SMILES string of the molecule is CCCCCCCCCCCCCCCCCC(=O)NCCCCCC[N+](C)(C)[O-]. The van der Waals surface area contributed by atoms with Gasteiger partial charge in [0, 0.05) is 13.0 Å². The predicted molar refractivity (Wildman–Crippen MR) is 131 cm³/mol. The normalized spacial score (nSPS) is 11.7. The summed E-state index contributed by atoms with van der Waals surface area (Å²) < 4.78 is -0.198. The number of amides is 1. The molecule has 0 saturated heterocycles. The average Bonchev–Trinajstić information content (AvgIpc) is 2.69. The number of hydrogen-bond donors (Lipinski definition) is 1. The first-order chi connectivity index (χ1) is 14.5. The number of rotatable bonds is 23. The molecule has 0 aliphatic heterocycles. The molecule has 0 heterocycles. The Balaban J connectivity index is 3.18. The predicted octanol–water partition coefficient (Wildman–Crippen LogP) is 7.50. The van der Waals surface area contributed by atoms with E-state index >= 15 is 0 Å². The van der Waals surface area contributed by atoms with Gasteiger partial charge >= 0.3 is 0 Å². The molecule has 1 N–H and O–H groups in total. The van der Waals surface area contributed by atoms with Gasteiger partial charge in [0.2, 0.25) is 5.91 Å². The summed E-state index contributed by atoms with van der Waals surface area (Å²) in [5, 5.41) is 14.5. The van der Waals surface area contributed by atoms with E-state index in [2.05, 4.69) is 12.2 Å². The maximum absolute atomic E-state index is 11.8. The highest BCUT2D eigenvalue weighted by atomic mass is 16.5. The number of hydrogen-bond acceptors (Lipinski definition) is 2. The van der Waals surface area contributed by atoms with Crippen molar-refractivity contribution < 1.29 is 9.44 Å². The molecule has 0 bridgehead atoms. The minimum Gasteiger partial charge on any atom is -0.633 e. The number of hydroxylamine groups is 3. The summed E-state index contributed by atoms with van der Waals surface area (Å²) >= 11 is 0. The second-order valence-corrected chi connectivity index (χ2v) is 9.76. The van der Waals surface area contributed by atoms with Crippen molar-refractivity contribution in [3.8, 4) is 0 Å². The van der Waals surface area contributed by atoms with Crippen molar-refractivity contribution in [3.63, 3.8) is 0 Å². The summed E-state index contributed by atoms with van der Waals surface area (Å²) in [5.74, 6) is 0.210. The van der Waals surface area contributed by atoms with Gasteiger partial charge < -0.3 is 15.2 Å². The average molecular weight is 427 g/mol. The van der Waals surface area contributed by atoms with E-state index in [0.717, 1.165) is 38.6 Å². The summed E-state index contributed by atoms with van der Waals surface area (Å²) in [6, 6.07) is 0. The van der Waals surface area contributed by atoms with Crippen LogP contribution in [0.25, 0.3) is 0 Å². The van der Waals surface area contributed by atoms with Crippen molar-refractivity contribution in [1.82, 2.24) is 5.32 Å². The van der Waals surface area contributed by atoms with Gasteiger partial charge in [0.1, 0.15) is 0 Å². The minimum atomic E-state index is -0.198. The zero-order valence-corrected chi connectivity index (χ0v) is 20.8. The van der Waals surface area contributed by atoms with E-state index in [1.807, 2.05) is 0 Å². The summed E-state index contributed by atoms with van der Waals surface area (Å²) in [7, 11) is 3.39. The monoisotopic (exact) mass is 426 g/mol. The molecule has 0 spiro atoms. The number of unbranched alkanes of at least 4 members (excludes halogenated alkanes) is 17. The van der Waals surface area contributed by atoms with Gasteiger partial charge in [-0.05, 0) is 25.7 Å². The van der Waals surface area contributed by atoms with Crippen LogP contribution in [0.15, 0.2) is 0 Å². The highest BCUT2D eigenvalue weighted by Crippen LogP contribution is 2.13. The highest BCUT2D eigenvalue weighted by Gasteiger charge is 2.02. The molecule has 0 aromatic heterocycles. The van der Waals surface area contributed by atoms with Gasteiger partial charge in [0.25, 0.3) is 0 Å². The molecule has 4 nitrogen and oxygen atoms in total. The molecule has 0 aliphatic carbocycles. The van der Waals surface area contributed by atoms with E-state index < -0.39 is 0 Å². The van der Waals surface area contributed by atoms with E-state index in [-0.39, 0.29) is 10.6 Å². The van der Waals surface area contributed by atoms with E-state index in [1.165, 1.54) is 89.9 Å². The van der Waals surface area contributed by atoms with Crippen molar-refractivity contribution in [2.24, 2.45) is 0 Å². The molecule has 0 unspecified atom stereocenters. The Labute approximate surface area is 188 Å². The van der Waals surface area contributed by atoms with Crippen molar-refractivity contribution in [1.29, 1.82) is 0 Å². The molecule has 0 aliphatic rings. The molecule has 1 amide bonds. The molecule has 30 heavy (non-hydrogen) atoms. The van der Waals surface area contributed by atoms with Crippen molar-refractivity contribution in [2.75, 3.05) is 27.2 Å². The standard InChI is InChI=1S/C26H54N2O2/c1-4-5-6-7-8-9-10-11-12-13-14-15-16-17-20-23-26(29)27-24-21-18-19-22-25-28(2,3)30/h4-25H2,1-3H3,(H,27,29). The Morgan fingerprint density at radius 1 is 0.633 bits per heavy atom. The first-order valence-electron chi connectivity index (χ1n) is 13.3. The second kappa shape index (κ2) is 21.6. The molecule has 0 radical (unpaired) electrons. The van der Waals surface area contributed by atoms with Crippen LogP contribution in [-0.4, -0.2) is 37.7 Å². The number of nitrogens with zero attached hydrogens (tertiary/aromatic N) is 1. The lowest BCUT2D eigenvalue weighted by molar-refractivity contribution is -0.840. The number of quaternary nitrogens is 1. The topological polar surface area (TPSA) is 52.2 Å². The smallest absolute Gasteiger partial charge is 0.219 e. The number of nitrogens with one attached hydrogen (secondary N) is 1. The fraction of sp³-hybridized carbons (Fsp3) is 0.962. The first-order valence-corrected chi connectivity index (χ1v) is 13.3. The van der Waals surface area contributed by atoms with Gasteiger partial charge in [-0.25, -0.2) is 0 Å². The van der Waals surface area contributed by atoms with Crippen LogP contribution >= 0.6 is 0 Å². The molecule has 4 heteroatoms. The summed E-state index contributed by atoms with van der Waals surface area (Å²) in [5.41, 5.74) is 0. The zero-order valence-electron chi connectivity index (χ0n) is 20.8. The van der Waals surface area contributed by atoms with Crippen LogP contribution in [0.4, 0.5) is 0 Å². The van der Waals surface area contributed by atoms with Crippen molar-refractivity contribution >= 4 is 5.91 Å². The quantitative estimate of drug-likeness (QED) is 0.104. The fourth-order valence-corrected chi connectivity index (χ4v) is 3.94. The minimum absolute atomic E-state index is 0.198. The Morgan fingerprint density at radius 3 is 1.50 bits per heavy atom. The fourth-order valence-electron chi connectivity index (χ4n) is 3.94. The molecule has 0 fully saturated rings. The van der Waals surface area contributed by atoms with Crippen molar-refractivity contribution in [3.05, 3.63) is 5.21 Å². The molecule has 0 rings (SSSR count). The van der Waals surface area contributed by atoms with Crippen LogP contribution in [0.1, 0.15) is 135 Å². The molecule has 0 aromatic carbocycles. The Morgan fingerprint density at radius 2 is 1.03 bits per heavy atom. The van der Waals surface area contributed by atoms with E-state index in [4.69, 9.17) is 0 Å². The van der Waals surface area contributed by atoms with Crippen LogP contribution in [0.2, 0.25) is 0 Å². The Bertz CT molecular complexity index is 367.